The Morgan fingerprint density at radius 1 is 1.26 bits per heavy atom. The number of carbonyl (C=O) groups is 2. The Hall–Kier alpha value is -3.49. The number of nitrogens with one attached hydrogen (secondary N) is 3. The first kappa shape index (κ1) is 22.2. The van der Waals surface area contributed by atoms with Crippen molar-refractivity contribution in [2.45, 2.75) is 45.2 Å². The van der Waals surface area contributed by atoms with Gasteiger partial charge in [0.1, 0.15) is 6.04 Å². The van der Waals surface area contributed by atoms with Crippen molar-refractivity contribution in [1.82, 2.24) is 10.6 Å². The maximum Gasteiger partial charge on any atom is 0.357 e. The summed E-state index contributed by atoms with van der Waals surface area (Å²) in [6.07, 6.45) is 3.39. The summed E-state index contributed by atoms with van der Waals surface area (Å²) in [5.74, 6) is 0.00908. The molecule has 0 spiro atoms. The van der Waals surface area contributed by atoms with Crippen LogP contribution in [0.5, 0.6) is 0 Å². The van der Waals surface area contributed by atoms with E-state index >= 15 is 0 Å². The standard InChI is InChI=1S/C22H27N5O4/c1-15-5-3-6-17(13-15)14-19(24-16(2)28)22(29)25-18-8-11-26(12-9-18)21-20(27(30)31)7-4-10-23-21/h3-7,10,13,18-19H,8-9,11-12,14H2,1-2H3,(H,24,28)(H,25,29)/p+1/t19-/m1/s1. The first-order chi connectivity index (χ1) is 14.8. The highest BCUT2D eigenvalue weighted by Gasteiger charge is 2.33. The first-order valence-corrected chi connectivity index (χ1v) is 10.4. The second kappa shape index (κ2) is 10.0. The van der Waals surface area contributed by atoms with Gasteiger partial charge < -0.3 is 10.6 Å². The van der Waals surface area contributed by atoms with E-state index in [1.54, 1.807) is 12.3 Å². The molecule has 164 valence electrons. The van der Waals surface area contributed by atoms with Crippen LogP contribution in [0.4, 0.5) is 11.5 Å². The molecule has 31 heavy (non-hydrogen) atoms. The summed E-state index contributed by atoms with van der Waals surface area (Å²) < 4.78 is 0. The number of hydrogen-bond acceptors (Lipinski definition) is 5. The van der Waals surface area contributed by atoms with Crippen molar-refractivity contribution < 1.29 is 19.5 Å². The Bertz CT molecular complexity index is 956. The van der Waals surface area contributed by atoms with Crippen molar-refractivity contribution in [3.8, 4) is 0 Å². The monoisotopic (exact) mass is 426 g/mol. The van der Waals surface area contributed by atoms with E-state index in [0.29, 0.717) is 38.2 Å². The molecule has 1 aliphatic rings. The van der Waals surface area contributed by atoms with E-state index in [1.165, 1.54) is 13.0 Å². The van der Waals surface area contributed by atoms with Crippen LogP contribution in [0.2, 0.25) is 0 Å². The number of nitrogens with zero attached hydrogens (tertiary/aromatic N) is 2. The number of carbonyl (C=O) groups excluding carboxylic acids is 2. The summed E-state index contributed by atoms with van der Waals surface area (Å²) in [6.45, 7) is 4.54. The van der Waals surface area contributed by atoms with E-state index < -0.39 is 11.0 Å². The maximum absolute atomic E-state index is 12.9. The number of aromatic nitrogens is 1. The van der Waals surface area contributed by atoms with E-state index in [4.69, 9.17) is 0 Å². The van der Waals surface area contributed by atoms with Crippen molar-refractivity contribution in [3.05, 3.63) is 63.8 Å². The molecule has 0 saturated carbocycles. The Morgan fingerprint density at radius 2 is 2.00 bits per heavy atom. The third-order valence-corrected chi connectivity index (χ3v) is 5.38. The third-order valence-electron chi connectivity index (χ3n) is 5.38. The van der Waals surface area contributed by atoms with Gasteiger partial charge in [0.2, 0.25) is 11.8 Å². The highest BCUT2D eigenvalue weighted by molar-refractivity contribution is 5.87. The van der Waals surface area contributed by atoms with Crippen molar-refractivity contribution >= 4 is 23.3 Å². The van der Waals surface area contributed by atoms with Gasteiger partial charge in [-0.1, -0.05) is 29.8 Å². The molecule has 9 heteroatoms. The highest BCUT2D eigenvalue weighted by atomic mass is 16.6. The number of anilines is 1. The maximum atomic E-state index is 12.9. The smallest absolute Gasteiger partial charge is 0.351 e. The number of benzene rings is 1. The number of pyridine rings is 1. The molecular formula is C22H28N5O4+. The summed E-state index contributed by atoms with van der Waals surface area (Å²) >= 11 is 0. The number of amides is 2. The lowest BCUT2D eigenvalue weighted by molar-refractivity contribution is -0.411. The fourth-order valence-electron chi connectivity index (χ4n) is 3.90. The minimum Gasteiger partial charge on any atom is -0.351 e. The fraction of sp³-hybridized carbons (Fsp3) is 0.409. The molecular weight excluding hydrogens is 398 g/mol. The quantitative estimate of drug-likeness (QED) is 0.514. The lowest BCUT2D eigenvalue weighted by atomic mass is 10.0. The minimum atomic E-state index is -0.652. The van der Waals surface area contributed by atoms with E-state index in [2.05, 4.69) is 15.6 Å². The average Bonchev–Trinajstić information content (AvgIpc) is 2.73. The zero-order valence-electron chi connectivity index (χ0n) is 17.8. The van der Waals surface area contributed by atoms with E-state index in [0.717, 1.165) is 11.1 Å². The molecule has 1 aliphatic heterocycles. The molecule has 1 saturated heterocycles. The SMILES string of the molecule is CC(=O)N[C@H](Cc1cccc(C)c1)C(=O)NC1CCN(c2[nH+]cccc2[N+](=O)[O-])CC1. The van der Waals surface area contributed by atoms with Gasteiger partial charge in [-0.05, 0) is 18.6 Å². The van der Waals surface area contributed by atoms with Gasteiger partial charge in [-0.3, -0.25) is 24.6 Å². The van der Waals surface area contributed by atoms with Gasteiger partial charge in [0, 0.05) is 38.3 Å². The molecule has 1 atom stereocenters. The van der Waals surface area contributed by atoms with Gasteiger partial charge in [-0.2, -0.15) is 0 Å². The van der Waals surface area contributed by atoms with Crippen molar-refractivity contribution in [1.29, 1.82) is 0 Å². The zero-order valence-corrected chi connectivity index (χ0v) is 17.8. The van der Waals surface area contributed by atoms with Gasteiger partial charge in [0.25, 0.3) is 0 Å². The van der Waals surface area contributed by atoms with Crippen molar-refractivity contribution in [2.75, 3.05) is 18.0 Å². The molecule has 3 N–H and O–H groups in total. The van der Waals surface area contributed by atoms with Gasteiger partial charge in [0.15, 0.2) is 0 Å². The van der Waals surface area contributed by atoms with Crippen LogP contribution in [0.3, 0.4) is 0 Å². The summed E-state index contributed by atoms with van der Waals surface area (Å²) in [5, 5.41) is 17.1. The number of hydrogen-bond donors (Lipinski definition) is 2. The van der Waals surface area contributed by atoms with Crippen LogP contribution in [0.15, 0.2) is 42.6 Å². The van der Waals surface area contributed by atoms with Crippen molar-refractivity contribution in [2.24, 2.45) is 0 Å². The van der Waals surface area contributed by atoms with Crippen LogP contribution in [0.1, 0.15) is 30.9 Å². The molecule has 0 bridgehead atoms. The number of aromatic amines is 1. The largest absolute Gasteiger partial charge is 0.357 e. The molecule has 2 heterocycles. The molecule has 2 amide bonds. The molecule has 0 radical (unpaired) electrons. The van der Waals surface area contributed by atoms with Crippen LogP contribution in [-0.2, 0) is 16.0 Å². The van der Waals surface area contributed by atoms with Crippen LogP contribution >= 0.6 is 0 Å². The number of piperidine rings is 1. The van der Waals surface area contributed by atoms with Crippen LogP contribution < -0.4 is 20.5 Å². The Kier molecular flexibility index (Phi) is 7.17. The Balaban J connectivity index is 1.61. The topological polar surface area (TPSA) is 119 Å². The second-order valence-corrected chi connectivity index (χ2v) is 7.88. The molecule has 1 aromatic carbocycles. The number of rotatable bonds is 7. The van der Waals surface area contributed by atoms with Gasteiger partial charge >= 0.3 is 11.5 Å². The molecule has 1 aromatic heterocycles. The molecule has 0 unspecified atom stereocenters. The predicted molar refractivity (Wildman–Crippen MR) is 116 cm³/mol. The van der Waals surface area contributed by atoms with E-state index in [-0.39, 0.29) is 23.5 Å². The summed E-state index contributed by atoms with van der Waals surface area (Å²) in [5.41, 5.74) is 2.11. The van der Waals surface area contributed by atoms with Gasteiger partial charge in [-0.25, -0.2) is 4.98 Å². The van der Waals surface area contributed by atoms with Crippen LogP contribution in [0, 0.1) is 17.0 Å². The zero-order chi connectivity index (χ0) is 22.4. The number of aryl methyl sites for hydroxylation is 1. The summed E-state index contributed by atoms with van der Waals surface area (Å²) in [7, 11) is 0. The van der Waals surface area contributed by atoms with Crippen LogP contribution in [0.25, 0.3) is 0 Å². The molecule has 3 rings (SSSR count). The average molecular weight is 426 g/mol. The number of H-pyrrole nitrogens is 1. The fourth-order valence-corrected chi connectivity index (χ4v) is 3.90. The minimum absolute atomic E-state index is 0.0360. The van der Waals surface area contributed by atoms with Crippen LogP contribution in [-0.4, -0.2) is 41.9 Å². The molecule has 9 nitrogen and oxygen atoms in total. The lowest BCUT2D eigenvalue weighted by Gasteiger charge is -2.29. The normalized spacial score (nSPS) is 15.2. The predicted octanol–water partition coefficient (Wildman–Crippen LogP) is 1.55. The summed E-state index contributed by atoms with van der Waals surface area (Å²) in [6, 6.07) is 10.2. The van der Waals surface area contributed by atoms with E-state index in [1.807, 2.05) is 36.1 Å². The Labute approximate surface area is 181 Å². The Morgan fingerprint density at radius 3 is 2.65 bits per heavy atom. The lowest BCUT2D eigenvalue weighted by Crippen LogP contribution is -2.53. The number of nitro groups is 1. The second-order valence-electron chi connectivity index (χ2n) is 7.88. The highest BCUT2D eigenvalue weighted by Crippen LogP contribution is 2.25. The van der Waals surface area contributed by atoms with Gasteiger partial charge in [0.05, 0.1) is 24.2 Å². The molecule has 2 aromatic rings. The van der Waals surface area contributed by atoms with Crippen molar-refractivity contribution in [3.63, 3.8) is 0 Å². The first-order valence-electron chi connectivity index (χ1n) is 10.4. The van der Waals surface area contributed by atoms with Gasteiger partial charge in [-0.15, -0.1) is 0 Å². The molecule has 0 aliphatic carbocycles. The third kappa shape index (κ3) is 6.00. The summed E-state index contributed by atoms with van der Waals surface area (Å²) in [4.78, 5) is 40.3. The van der Waals surface area contributed by atoms with E-state index in [9.17, 15) is 19.7 Å². The molecule has 1 fully saturated rings.